The standard InChI is InChI=1S/C19H14O5S/c20-15-8-25-18(10-5-6-13-14(7-10)24-9-23-13)19(15)16(21)11-3-1-2-4-12(11)17(19)22/h1-7,15,18,20H,8-9H2/t15-,18-/m0/s1. The first-order chi connectivity index (χ1) is 12.1. The van der Waals surface area contributed by atoms with E-state index in [-0.39, 0.29) is 18.4 Å². The Morgan fingerprint density at radius 1 is 1.00 bits per heavy atom. The van der Waals surface area contributed by atoms with Crippen molar-refractivity contribution >= 4 is 23.3 Å². The lowest BCUT2D eigenvalue weighted by atomic mass is 9.73. The summed E-state index contributed by atoms with van der Waals surface area (Å²) in [6.07, 6.45) is -1.01. The summed E-state index contributed by atoms with van der Waals surface area (Å²) in [5, 5.41) is 10.2. The third-order valence-corrected chi connectivity index (χ3v) is 6.71. The molecule has 1 aliphatic carbocycles. The zero-order valence-electron chi connectivity index (χ0n) is 13.1. The maximum Gasteiger partial charge on any atom is 0.231 e. The minimum absolute atomic E-state index is 0.160. The van der Waals surface area contributed by atoms with Crippen molar-refractivity contribution in [3.05, 3.63) is 59.2 Å². The number of carbonyl (C=O) groups is 2. The van der Waals surface area contributed by atoms with Crippen LogP contribution in [0.1, 0.15) is 31.5 Å². The lowest BCUT2D eigenvalue weighted by molar-refractivity contribution is 0.0388. The molecule has 5 rings (SSSR count). The van der Waals surface area contributed by atoms with E-state index in [2.05, 4.69) is 0 Å². The van der Waals surface area contributed by atoms with E-state index in [9.17, 15) is 14.7 Å². The van der Waals surface area contributed by atoms with Gasteiger partial charge in [-0.2, -0.15) is 0 Å². The van der Waals surface area contributed by atoms with E-state index in [1.807, 2.05) is 12.1 Å². The summed E-state index contributed by atoms with van der Waals surface area (Å²) in [4.78, 5) is 26.4. The Kier molecular flexibility index (Phi) is 3.05. The van der Waals surface area contributed by atoms with Gasteiger partial charge < -0.3 is 14.6 Å². The topological polar surface area (TPSA) is 72.8 Å². The summed E-state index contributed by atoms with van der Waals surface area (Å²) in [5.41, 5.74) is 0.141. The summed E-state index contributed by atoms with van der Waals surface area (Å²) in [7, 11) is 0. The van der Waals surface area contributed by atoms with Crippen LogP contribution in [0.5, 0.6) is 11.5 Å². The molecule has 2 aliphatic heterocycles. The fraction of sp³-hybridized carbons (Fsp3) is 0.263. The van der Waals surface area contributed by atoms with Crippen LogP contribution in [0.4, 0.5) is 0 Å². The van der Waals surface area contributed by atoms with E-state index in [4.69, 9.17) is 9.47 Å². The van der Waals surface area contributed by atoms with Crippen molar-refractivity contribution in [3.8, 4) is 11.5 Å². The number of aliphatic hydroxyl groups is 1. The van der Waals surface area contributed by atoms with Crippen molar-refractivity contribution in [1.29, 1.82) is 0 Å². The molecule has 3 aliphatic rings. The highest BCUT2D eigenvalue weighted by atomic mass is 32.2. The van der Waals surface area contributed by atoms with E-state index in [1.54, 1.807) is 30.3 Å². The molecule has 2 aromatic carbocycles. The zero-order chi connectivity index (χ0) is 17.2. The number of fused-ring (bicyclic) bond motifs is 2. The maximum absolute atomic E-state index is 13.2. The van der Waals surface area contributed by atoms with Gasteiger partial charge in [-0.25, -0.2) is 0 Å². The summed E-state index contributed by atoms with van der Waals surface area (Å²) >= 11 is 1.44. The number of thioether (sulfide) groups is 1. The van der Waals surface area contributed by atoms with Gasteiger partial charge in [-0.1, -0.05) is 30.3 Å². The lowest BCUT2D eigenvalue weighted by Gasteiger charge is -2.30. The minimum atomic E-state index is -1.46. The number of benzene rings is 2. The van der Waals surface area contributed by atoms with Gasteiger partial charge in [0.25, 0.3) is 0 Å². The van der Waals surface area contributed by atoms with Crippen LogP contribution in [0, 0.1) is 5.41 Å². The van der Waals surface area contributed by atoms with Crippen molar-refractivity contribution in [2.75, 3.05) is 12.5 Å². The number of carbonyl (C=O) groups excluding carboxylic acids is 2. The monoisotopic (exact) mass is 354 g/mol. The molecule has 5 nitrogen and oxygen atoms in total. The SMILES string of the molecule is O=C1c2ccccc2C(=O)C12[C@@H](O)CS[C@H]2c1ccc2c(c1)OCO2. The van der Waals surface area contributed by atoms with E-state index in [0.717, 1.165) is 5.56 Å². The van der Waals surface area contributed by atoms with Gasteiger partial charge in [0.05, 0.1) is 11.4 Å². The number of ketones is 2. The molecule has 1 N–H and O–H groups in total. The van der Waals surface area contributed by atoms with Gasteiger partial charge in [0, 0.05) is 16.9 Å². The number of hydrogen-bond donors (Lipinski definition) is 1. The molecule has 0 radical (unpaired) electrons. The van der Waals surface area contributed by atoms with Gasteiger partial charge in [0.15, 0.2) is 23.1 Å². The van der Waals surface area contributed by atoms with Crippen LogP contribution in [-0.4, -0.2) is 35.3 Å². The van der Waals surface area contributed by atoms with Crippen LogP contribution < -0.4 is 9.47 Å². The minimum Gasteiger partial charge on any atom is -0.454 e. The van der Waals surface area contributed by atoms with Crippen LogP contribution in [0.3, 0.4) is 0 Å². The molecular formula is C19H14O5S. The van der Waals surface area contributed by atoms with Gasteiger partial charge in [-0.05, 0) is 17.7 Å². The van der Waals surface area contributed by atoms with Crippen LogP contribution in [0.2, 0.25) is 0 Å². The number of Topliss-reactive ketones (excluding diaryl/α,β-unsaturated/α-hetero) is 2. The van der Waals surface area contributed by atoms with Crippen molar-refractivity contribution in [2.24, 2.45) is 5.41 Å². The average Bonchev–Trinajstić information content (AvgIpc) is 3.29. The Balaban J connectivity index is 1.67. The van der Waals surface area contributed by atoms with Gasteiger partial charge in [0.1, 0.15) is 5.41 Å². The molecule has 25 heavy (non-hydrogen) atoms. The van der Waals surface area contributed by atoms with Crippen molar-refractivity contribution in [1.82, 2.24) is 0 Å². The molecule has 2 atom stereocenters. The molecule has 126 valence electrons. The molecule has 1 fully saturated rings. The molecular weight excluding hydrogens is 340 g/mol. The van der Waals surface area contributed by atoms with Crippen molar-refractivity contribution in [3.63, 3.8) is 0 Å². The summed E-state index contributed by atoms with van der Waals surface area (Å²) in [5.74, 6) is 1.02. The van der Waals surface area contributed by atoms with Crippen molar-refractivity contribution in [2.45, 2.75) is 11.4 Å². The summed E-state index contributed by atoms with van der Waals surface area (Å²) in [6, 6.07) is 12.2. The van der Waals surface area contributed by atoms with Crippen LogP contribution in [-0.2, 0) is 0 Å². The second-order valence-electron chi connectivity index (χ2n) is 6.41. The first kappa shape index (κ1) is 15.0. The largest absolute Gasteiger partial charge is 0.454 e. The molecule has 0 bridgehead atoms. The summed E-state index contributed by atoms with van der Waals surface area (Å²) in [6.45, 7) is 0.160. The lowest BCUT2D eigenvalue weighted by Crippen LogP contribution is -2.45. The Hall–Kier alpha value is -2.31. The molecule has 0 unspecified atom stereocenters. The third-order valence-electron chi connectivity index (χ3n) is 5.23. The Bertz CT molecular complexity index is 887. The molecule has 0 saturated carbocycles. The second-order valence-corrected chi connectivity index (χ2v) is 7.55. The van der Waals surface area contributed by atoms with Crippen LogP contribution >= 0.6 is 11.8 Å². The maximum atomic E-state index is 13.2. The zero-order valence-corrected chi connectivity index (χ0v) is 13.9. The smallest absolute Gasteiger partial charge is 0.231 e. The highest BCUT2D eigenvalue weighted by Crippen LogP contribution is 2.59. The van der Waals surface area contributed by atoms with E-state index >= 15 is 0 Å². The second kappa shape index (κ2) is 5.09. The fourth-order valence-electron chi connectivity index (χ4n) is 4.03. The average molecular weight is 354 g/mol. The first-order valence-corrected chi connectivity index (χ1v) is 9.06. The normalized spacial score (nSPS) is 25.6. The highest BCUT2D eigenvalue weighted by Gasteiger charge is 2.65. The molecule has 1 saturated heterocycles. The number of aliphatic hydroxyl groups excluding tert-OH is 1. The van der Waals surface area contributed by atoms with E-state index in [1.165, 1.54) is 11.8 Å². The van der Waals surface area contributed by atoms with Gasteiger partial charge in [-0.15, -0.1) is 11.8 Å². The third kappa shape index (κ3) is 1.78. The molecule has 0 aromatic heterocycles. The van der Waals surface area contributed by atoms with Gasteiger partial charge in [0.2, 0.25) is 6.79 Å². The molecule has 1 spiro atoms. The van der Waals surface area contributed by atoms with Gasteiger partial charge >= 0.3 is 0 Å². The van der Waals surface area contributed by atoms with Gasteiger partial charge in [-0.3, -0.25) is 9.59 Å². The number of rotatable bonds is 1. The van der Waals surface area contributed by atoms with Crippen LogP contribution in [0.15, 0.2) is 42.5 Å². The summed E-state index contributed by atoms with van der Waals surface area (Å²) < 4.78 is 10.8. The highest BCUT2D eigenvalue weighted by molar-refractivity contribution is 8.00. The predicted octanol–water partition coefficient (Wildman–Crippen LogP) is 2.63. The molecule has 2 aromatic rings. The number of hydrogen-bond acceptors (Lipinski definition) is 6. The van der Waals surface area contributed by atoms with E-state index < -0.39 is 16.8 Å². The van der Waals surface area contributed by atoms with E-state index in [0.29, 0.717) is 28.4 Å². The van der Waals surface area contributed by atoms with Crippen LogP contribution in [0.25, 0.3) is 0 Å². The molecule has 2 heterocycles. The quantitative estimate of drug-likeness (QED) is 0.794. The Morgan fingerprint density at radius 3 is 2.40 bits per heavy atom. The Labute approximate surface area is 147 Å². The molecule has 0 amide bonds. The molecule has 6 heteroatoms. The fourth-order valence-corrected chi connectivity index (χ4v) is 5.64. The number of ether oxygens (including phenoxy) is 2. The predicted molar refractivity (Wildman–Crippen MR) is 91.3 cm³/mol. The Morgan fingerprint density at radius 2 is 1.68 bits per heavy atom. The first-order valence-electron chi connectivity index (χ1n) is 8.02. The van der Waals surface area contributed by atoms with Crippen molar-refractivity contribution < 1.29 is 24.2 Å².